The van der Waals surface area contributed by atoms with Gasteiger partial charge in [0.25, 0.3) is 0 Å². The Hall–Kier alpha value is -1.07. The molecule has 1 heterocycles. The van der Waals surface area contributed by atoms with Gasteiger partial charge < -0.3 is 14.4 Å². The number of ether oxygens (including phenoxy) is 2. The average molecular weight is 302 g/mol. The molecule has 0 radical (unpaired) electrons. The van der Waals surface area contributed by atoms with Crippen molar-refractivity contribution in [2.75, 3.05) is 32.4 Å². The smallest absolute Gasteiger partial charge is 0.238 e. The number of alkyl halides is 1. The van der Waals surface area contributed by atoms with Gasteiger partial charge in [-0.1, -0.05) is 0 Å². The maximum Gasteiger partial charge on any atom is 0.238 e. The van der Waals surface area contributed by atoms with E-state index in [0.717, 1.165) is 29.4 Å². The molecular formula is C13H16ClNO3S. The van der Waals surface area contributed by atoms with Gasteiger partial charge in [-0.15, -0.1) is 23.4 Å². The molecule has 1 fully saturated rings. The molecule has 19 heavy (non-hydrogen) atoms. The summed E-state index contributed by atoms with van der Waals surface area (Å²) in [7, 11) is 3.23. The number of halogens is 1. The lowest BCUT2D eigenvalue weighted by molar-refractivity contribution is -0.128. The Labute approximate surface area is 122 Å². The molecule has 1 aromatic carbocycles. The molecule has 104 valence electrons. The summed E-state index contributed by atoms with van der Waals surface area (Å²) in [6, 6.07) is 5.65. The fraction of sp³-hybridized carbons (Fsp3) is 0.462. The van der Waals surface area contributed by atoms with E-state index in [9.17, 15) is 4.79 Å². The van der Waals surface area contributed by atoms with Crippen molar-refractivity contribution in [3.8, 4) is 11.5 Å². The van der Waals surface area contributed by atoms with E-state index in [4.69, 9.17) is 21.1 Å². The van der Waals surface area contributed by atoms with Crippen molar-refractivity contribution in [1.82, 2.24) is 4.90 Å². The summed E-state index contributed by atoms with van der Waals surface area (Å²) < 4.78 is 10.6. The first-order chi connectivity index (χ1) is 9.21. The second-order valence-corrected chi connectivity index (χ2v) is 5.51. The van der Waals surface area contributed by atoms with E-state index >= 15 is 0 Å². The Morgan fingerprint density at radius 3 is 2.89 bits per heavy atom. The number of amides is 1. The summed E-state index contributed by atoms with van der Waals surface area (Å²) in [5, 5.41) is -0.0351. The van der Waals surface area contributed by atoms with Crippen LogP contribution in [0.2, 0.25) is 0 Å². The van der Waals surface area contributed by atoms with Crippen molar-refractivity contribution in [3.05, 3.63) is 23.8 Å². The van der Waals surface area contributed by atoms with E-state index in [1.54, 1.807) is 30.9 Å². The highest BCUT2D eigenvalue weighted by atomic mass is 35.5. The van der Waals surface area contributed by atoms with Crippen LogP contribution < -0.4 is 9.47 Å². The molecule has 0 N–H and O–H groups in total. The molecule has 1 amide bonds. The lowest BCUT2D eigenvalue weighted by Crippen LogP contribution is -2.31. The van der Waals surface area contributed by atoms with Gasteiger partial charge in [-0.05, 0) is 12.1 Å². The van der Waals surface area contributed by atoms with Crippen LogP contribution in [0.3, 0.4) is 0 Å². The zero-order chi connectivity index (χ0) is 13.8. The second-order valence-electron chi connectivity index (χ2n) is 4.05. The molecule has 0 aromatic heterocycles. The molecule has 0 spiro atoms. The lowest BCUT2D eigenvalue weighted by Gasteiger charge is -2.25. The minimum atomic E-state index is -0.0467. The van der Waals surface area contributed by atoms with Gasteiger partial charge in [0.05, 0.1) is 14.2 Å². The number of carbonyl (C=O) groups excluding carboxylic acids is 1. The summed E-state index contributed by atoms with van der Waals surface area (Å²) >= 11 is 7.37. The third kappa shape index (κ3) is 2.92. The van der Waals surface area contributed by atoms with Crippen LogP contribution in [0.4, 0.5) is 0 Å². The maximum atomic E-state index is 11.8. The fourth-order valence-electron chi connectivity index (χ4n) is 2.08. The Morgan fingerprint density at radius 2 is 2.26 bits per heavy atom. The molecule has 2 rings (SSSR count). The quantitative estimate of drug-likeness (QED) is 0.801. The van der Waals surface area contributed by atoms with E-state index in [1.165, 1.54) is 0 Å². The highest BCUT2D eigenvalue weighted by Gasteiger charge is 2.32. The summed E-state index contributed by atoms with van der Waals surface area (Å²) in [6.45, 7) is 0.718. The van der Waals surface area contributed by atoms with E-state index in [-0.39, 0.29) is 17.2 Å². The molecule has 1 aliphatic heterocycles. The zero-order valence-electron chi connectivity index (χ0n) is 10.9. The first-order valence-electron chi connectivity index (χ1n) is 5.90. The van der Waals surface area contributed by atoms with Gasteiger partial charge in [0, 0.05) is 23.9 Å². The molecule has 6 heteroatoms. The molecule has 1 saturated heterocycles. The Bertz CT molecular complexity index is 469. The predicted molar refractivity (Wildman–Crippen MR) is 77.2 cm³/mol. The highest BCUT2D eigenvalue weighted by molar-refractivity contribution is 7.99. The summed E-state index contributed by atoms with van der Waals surface area (Å²) in [6.07, 6.45) is 0. The first-order valence-corrected chi connectivity index (χ1v) is 7.48. The van der Waals surface area contributed by atoms with Gasteiger partial charge in [-0.2, -0.15) is 0 Å². The molecular weight excluding hydrogens is 286 g/mol. The van der Waals surface area contributed by atoms with Gasteiger partial charge in [-0.3, -0.25) is 4.79 Å². The third-order valence-corrected chi connectivity index (χ3v) is 4.50. The molecule has 0 aliphatic carbocycles. The number of hydrogen-bond donors (Lipinski definition) is 0. The molecule has 0 bridgehead atoms. The van der Waals surface area contributed by atoms with Crippen LogP contribution in [0.5, 0.6) is 11.5 Å². The number of rotatable bonds is 4. The molecule has 1 unspecified atom stereocenters. The van der Waals surface area contributed by atoms with Gasteiger partial charge in [0.2, 0.25) is 5.91 Å². The van der Waals surface area contributed by atoms with Crippen molar-refractivity contribution in [2.24, 2.45) is 0 Å². The standard InChI is InChI=1S/C13H16ClNO3S/c1-17-9-3-4-10(11(7-9)18-2)13-15(5-6-19-13)12(16)8-14/h3-4,7,13H,5-6,8H2,1-2H3. The Morgan fingerprint density at radius 1 is 1.47 bits per heavy atom. The van der Waals surface area contributed by atoms with Crippen LogP contribution in [-0.2, 0) is 4.79 Å². The van der Waals surface area contributed by atoms with Crippen LogP contribution in [-0.4, -0.2) is 43.2 Å². The van der Waals surface area contributed by atoms with E-state index in [0.29, 0.717) is 0 Å². The number of nitrogens with zero attached hydrogens (tertiary/aromatic N) is 1. The monoisotopic (exact) mass is 301 g/mol. The predicted octanol–water partition coefficient (Wildman–Crippen LogP) is 2.52. The molecule has 1 aliphatic rings. The Kier molecular flexibility index (Phi) is 4.82. The number of thioether (sulfide) groups is 1. The van der Waals surface area contributed by atoms with Crippen LogP contribution in [0.25, 0.3) is 0 Å². The van der Waals surface area contributed by atoms with Gasteiger partial charge in [0.1, 0.15) is 22.8 Å². The van der Waals surface area contributed by atoms with Crippen LogP contribution in [0.1, 0.15) is 10.9 Å². The third-order valence-electron chi connectivity index (χ3n) is 3.03. The summed E-state index contributed by atoms with van der Waals surface area (Å²) in [5.41, 5.74) is 0.976. The molecule has 4 nitrogen and oxygen atoms in total. The highest BCUT2D eigenvalue weighted by Crippen LogP contribution is 2.42. The average Bonchev–Trinajstić information content (AvgIpc) is 2.94. The SMILES string of the molecule is COc1ccc(C2SCCN2C(=O)CCl)c(OC)c1. The molecule has 1 aromatic rings. The first kappa shape index (κ1) is 14.3. The minimum Gasteiger partial charge on any atom is -0.497 e. The number of benzene rings is 1. The number of methoxy groups -OCH3 is 2. The Balaban J connectivity index is 2.32. The minimum absolute atomic E-state index is 0.00945. The zero-order valence-corrected chi connectivity index (χ0v) is 12.5. The van der Waals surface area contributed by atoms with Crippen molar-refractivity contribution in [1.29, 1.82) is 0 Å². The van der Waals surface area contributed by atoms with Crippen molar-refractivity contribution in [3.63, 3.8) is 0 Å². The van der Waals surface area contributed by atoms with Crippen molar-refractivity contribution in [2.45, 2.75) is 5.37 Å². The van der Waals surface area contributed by atoms with Gasteiger partial charge in [0.15, 0.2) is 0 Å². The number of carbonyl (C=O) groups is 1. The molecule has 1 atom stereocenters. The van der Waals surface area contributed by atoms with Crippen LogP contribution in [0.15, 0.2) is 18.2 Å². The van der Waals surface area contributed by atoms with Crippen molar-refractivity contribution < 1.29 is 14.3 Å². The van der Waals surface area contributed by atoms with E-state index < -0.39 is 0 Å². The largest absolute Gasteiger partial charge is 0.497 e. The topological polar surface area (TPSA) is 38.8 Å². The van der Waals surface area contributed by atoms with Gasteiger partial charge >= 0.3 is 0 Å². The maximum absolute atomic E-state index is 11.8. The normalized spacial score (nSPS) is 18.5. The van der Waals surface area contributed by atoms with E-state index in [1.807, 2.05) is 18.2 Å². The lowest BCUT2D eigenvalue weighted by atomic mass is 10.1. The van der Waals surface area contributed by atoms with Crippen molar-refractivity contribution >= 4 is 29.3 Å². The fourth-order valence-corrected chi connectivity index (χ4v) is 3.54. The molecule has 0 saturated carbocycles. The van der Waals surface area contributed by atoms with Gasteiger partial charge in [-0.25, -0.2) is 0 Å². The van der Waals surface area contributed by atoms with E-state index in [2.05, 4.69) is 0 Å². The second kappa shape index (κ2) is 6.39. The summed E-state index contributed by atoms with van der Waals surface area (Å²) in [5.74, 6) is 2.33. The van der Waals surface area contributed by atoms with Crippen LogP contribution >= 0.6 is 23.4 Å². The van der Waals surface area contributed by atoms with Crippen LogP contribution in [0, 0.1) is 0 Å². The summed E-state index contributed by atoms with van der Waals surface area (Å²) in [4.78, 5) is 13.6. The number of hydrogen-bond acceptors (Lipinski definition) is 4.